The quantitative estimate of drug-likeness (QED) is 0.457. The van der Waals surface area contributed by atoms with Crippen LogP contribution < -0.4 is 10.6 Å². The predicted molar refractivity (Wildman–Crippen MR) is 101 cm³/mol. The van der Waals surface area contributed by atoms with Crippen molar-refractivity contribution < 1.29 is 4.52 Å². The number of aromatic nitrogens is 1. The van der Waals surface area contributed by atoms with Gasteiger partial charge in [-0.05, 0) is 38.1 Å². The lowest BCUT2D eigenvalue weighted by molar-refractivity contribution is 0.392. The fraction of sp³-hybridized carbons (Fsp3) is 0.556. The fourth-order valence-corrected chi connectivity index (χ4v) is 3.46. The zero-order chi connectivity index (χ0) is 17.6. The summed E-state index contributed by atoms with van der Waals surface area (Å²) in [6.45, 7) is 10.2. The molecule has 0 aromatic carbocycles. The minimum atomic E-state index is 0.0858. The molecule has 0 aliphatic rings. The van der Waals surface area contributed by atoms with Crippen molar-refractivity contribution in [3.63, 3.8) is 0 Å². The van der Waals surface area contributed by atoms with Gasteiger partial charge in [-0.2, -0.15) is 0 Å². The largest absolute Gasteiger partial charge is 0.361 e. The molecule has 2 aromatic rings. The third-order valence-electron chi connectivity index (χ3n) is 4.19. The minimum Gasteiger partial charge on any atom is -0.361 e. The smallest absolute Gasteiger partial charge is 0.191 e. The first-order valence-electron chi connectivity index (χ1n) is 8.34. The Morgan fingerprint density at radius 3 is 2.71 bits per heavy atom. The molecule has 2 N–H and O–H groups in total. The lowest BCUT2D eigenvalue weighted by Gasteiger charge is -2.25. The van der Waals surface area contributed by atoms with E-state index < -0.39 is 0 Å². The molecule has 0 fully saturated rings. The van der Waals surface area contributed by atoms with Crippen LogP contribution in [-0.4, -0.2) is 31.3 Å². The number of nitrogens with zero attached hydrogens (tertiary/aromatic N) is 2. The van der Waals surface area contributed by atoms with Crippen LogP contribution >= 0.6 is 11.3 Å². The average Bonchev–Trinajstić information content (AvgIpc) is 3.19. The van der Waals surface area contributed by atoms with E-state index in [-0.39, 0.29) is 5.41 Å². The number of rotatable bonds is 7. The van der Waals surface area contributed by atoms with Crippen molar-refractivity contribution in [3.8, 4) is 0 Å². The normalized spacial score (nSPS) is 12.5. The lowest BCUT2D eigenvalue weighted by atomic mass is 9.91. The van der Waals surface area contributed by atoms with Gasteiger partial charge in [-0.3, -0.25) is 4.99 Å². The predicted octanol–water partition coefficient (Wildman–Crippen LogP) is 3.43. The van der Waals surface area contributed by atoms with Crippen molar-refractivity contribution in [3.05, 3.63) is 39.4 Å². The van der Waals surface area contributed by atoms with Gasteiger partial charge in [-0.1, -0.05) is 25.1 Å². The van der Waals surface area contributed by atoms with E-state index >= 15 is 0 Å². The van der Waals surface area contributed by atoms with Gasteiger partial charge in [0.15, 0.2) is 5.96 Å². The molecule has 0 radical (unpaired) electrons. The number of hydrogen-bond acceptors (Lipinski definition) is 4. The van der Waals surface area contributed by atoms with Gasteiger partial charge in [-0.25, -0.2) is 0 Å². The van der Waals surface area contributed by atoms with Crippen LogP contribution in [0.25, 0.3) is 0 Å². The number of nitrogens with one attached hydrogen (secondary N) is 2. The van der Waals surface area contributed by atoms with E-state index in [0.29, 0.717) is 0 Å². The molecule has 5 nitrogen and oxygen atoms in total. The van der Waals surface area contributed by atoms with Crippen LogP contribution in [0.15, 0.2) is 27.0 Å². The average molecular weight is 349 g/mol. The van der Waals surface area contributed by atoms with Gasteiger partial charge in [0.2, 0.25) is 0 Å². The highest BCUT2D eigenvalue weighted by molar-refractivity contribution is 7.10. The summed E-state index contributed by atoms with van der Waals surface area (Å²) in [6.07, 6.45) is 1.98. The Bertz CT molecular complexity index is 639. The molecular formula is C18H28N4OS. The van der Waals surface area contributed by atoms with Gasteiger partial charge < -0.3 is 15.2 Å². The molecule has 0 saturated heterocycles. The first-order valence-corrected chi connectivity index (χ1v) is 9.22. The molecule has 0 bridgehead atoms. The van der Waals surface area contributed by atoms with Gasteiger partial charge in [-0.15, -0.1) is 11.3 Å². The second-order valence-electron chi connectivity index (χ2n) is 6.62. The molecule has 6 heteroatoms. The molecule has 24 heavy (non-hydrogen) atoms. The standard InChI is InChI=1S/C18H28N4OS/c1-13-15(14(2)23-22-13)8-6-10-20-17(19-5)21-12-18(3,4)16-9-7-11-24-16/h7,9,11H,6,8,10,12H2,1-5H3,(H2,19,20,21). The van der Waals surface area contributed by atoms with E-state index in [1.54, 1.807) is 11.3 Å². The van der Waals surface area contributed by atoms with Crippen LogP contribution in [0.5, 0.6) is 0 Å². The molecule has 0 aliphatic carbocycles. The van der Waals surface area contributed by atoms with Gasteiger partial charge >= 0.3 is 0 Å². The maximum absolute atomic E-state index is 5.20. The van der Waals surface area contributed by atoms with E-state index in [1.165, 1.54) is 10.4 Å². The van der Waals surface area contributed by atoms with Gasteiger partial charge in [0.05, 0.1) is 5.69 Å². The summed E-state index contributed by atoms with van der Waals surface area (Å²) in [5.74, 6) is 1.77. The molecule has 0 unspecified atom stereocenters. The maximum atomic E-state index is 5.20. The number of aryl methyl sites for hydroxylation is 2. The third kappa shape index (κ3) is 4.84. The Hall–Kier alpha value is -1.82. The molecule has 2 aromatic heterocycles. The van der Waals surface area contributed by atoms with Crippen LogP contribution in [0.3, 0.4) is 0 Å². The number of hydrogen-bond donors (Lipinski definition) is 2. The van der Waals surface area contributed by atoms with E-state index in [9.17, 15) is 0 Å². The van der Waals surface area contributed by atoms with Crippen molar-refractivity contribution in [2.45, 2.75) is 46.0 Å². The molecule has 0 atom stereocenters. The molecule has 0 saturated carbocycles. The Labute approximate surface area is 148 Å². The molecule has 0 aliphatic heterocycles. The summed E-state index contributed by atoms with van der Waals surface area (Å²) in [7, 11) is 1.81. The summed E-state index contributed by atoms with van der Waals surface area (Å²) in [4.78, 5) is 5.69. The SMILES string of the molecule is CN=C(NCCCc1c(C)noc1C)NCC(C)(C)c1cccs1. The van der Waals surface area contributed by atoms with E-state index in [0.717, 1.165) is 43.3 Å². The Kier molecular flexibility index (Phi) is 6.43. The Balaban J connectivity index is 1.75. The Morgan fingerprint density at radius 2 is 2.12 bits per heavy atom. The summed E-state index contributed by atoms with van der Waals surface area (Å²) >= 11 is 1.80. The zero-order valence-electron chi connectivity index (χ0n) is 15.3. The summed E-state index contributed by atoms with van der Waals surface area (Å²) in [5, 5.41) is 12.9. The number of guanidine groups is 1. The fourth-order valence-electron chi connectivity index (χ4n) is 2.61. The number of thiophene rings is 1. The van der Waals surface area contributed by atoms with Crippen LogP contribution in [0, 0.1) is 13.8 Å². The van der Waals surface area contributed by atoms with Crippen LogP contribution in [-0.2, 0) is 11.8 Å². The maximum Gasteiger partial charge on any atom is 0.191 e. The first kappa shape index (κ1) is 18.5. The van der Waals surface area contributed by atoms with E-state index in [1.807, 2.05) is 20.9 Å². The highest BCUT2D eigenvalue weighted by Gasteiger charge is 2.21. The second-order valence-corrected chi connectivity index (χ2v) is 7.57. The van der Waals surface area contributed by atoms with Crippen LogP contribution in [0.2, 0.25) is 0 Å². The van der Waals surface area contributed by atoms with Crippen molar-refractivity contribution in [2.75, 3.05) is 20.1 Å². The highest BCUT2D eigenvalue weighted by Crippen LogP contribution is 2.26. The molecule has 2 rings (SSSR count). The summed E-state index contributed by atoms with van der Waals surface area (Å²) in [5.41, 5.74) is 2.30. The highest BCUT2D eigenvalue weighted by atomic mass is 32.1. The summed E-state index contributed by atoms with van der Waals surface area (Å²) < 4.78 is 5.20. The first-order chi connectivity index (χ1) is 11.4. The molecule has 0 amide bonds. The molecule has 132 valence electrons. The lowest BCUT2D eigenvalue weighted by Crippen LogP contribution is -2.43. The molecule has 0 spiro atoms. The summed E-state index contributed by atoms with van der Waals surface area (Å²) in [6, 6.07) is 4.29. The topological polar surface area (TPSA) is 62.5 Å². The van der Waals surface area contributed by atoms with Crippen LogP contribution in [0.4, 0.5) is 0 Å². The monoisotopic (exact) mass is 348 g/mol. The number of aliphatic imine (C=N–C) groups is 1. The third-order valence-corrected chi connectivity index (χ3v) is 5.42. The van der Waals surface area contributed by atoms with E-state index in [4.69, 9.17) is 4.52 Å². The van der Waals surface area contributed by atoms with Crippen molar-refractivity contribution in [1.29, 1.82) is 0 Å². The minimum absolute atomic E-state index is 0.0858. The zero-order valence-corrected chi connectivity index (χ0v) is 16.1. The van der Waals surface area contributed by atoms with Crippen molar-refractivity contribution >= 4 is 17.3 Å². The molecule has 2 heterocycles. The van der Waals surface area contributed by atoms with Crippen molar-refractivity contribution in [1.82, 2.24) is 15.8 Å². The van der Waals surface area contributed by atoms with Gasteiger partial charge in [0.25, 0.3) is 0 Å². The van der Waals surface area contributed by atoms with Gasteiger partial charge in [0, 0.05) is 36.0 Å². The van der Waals surface area contributed by atoms with Crippen molar-refractivity contribution in [2.24, 2.45) is 4.99 Å². The molecular weight excluding hydrogens is 320 g/mol. The Morgan fingerprint density at radius 1 is 1.33 bits per heavy atom. The second kappa shape index (κ2) is 8.33. The van der Waals surface area contributed by atoms with Gasteiger partial charge in [0.1, 0.15) is 5.76 Å². The van der Waals surface area contributed by atoms with Crippen LogP contribution in [0.1, 0.15) is 42.2 Å². The van der Waals surface area contributed by atoms with E-state index in [2.05, 4.69) is 52.1 Å².